The number of aliphatic hydroxyl groups is 2. The largest absolute Gasteiger partial charge is 0.395 e. The van der Waals surface area contributed by atoms with E-state index >= 15 is 0 Å². The second kappa shape index (κ2) is 6.56. The number of hydrogen-bond donors (Lipinski definition) is 2. The van der Waals surface area contributed by atoms with E-state index in [1.54, 1.807) is 0 Å². The highest BCUT2D eigenvalue weighted by atomic mass is 16.3. The van der Waals surface area contributed by atoms with Gasteiger partial charge in [-0.3, -0.25) is 4.90 Å². The fourth-order valence-corrected chi connectivity index (χ4v) is 2.12. The molecule has 1 heterocycles. The lowest BCUT2D eigenvalue weighted by Gasteiger charge is -2.19. The Hall–Kier alpha value is -1.56. The highest BCUT2D eigenvalue weighted by Gasteiger charge is 2.09. The zero-order chi connectivity index (χ0) is 13.7. The minimum atomic E-state index is 0.0621. The summed E-state index contributed by atoms with van der Waals surface area (Å²) in [4.78, 5) is 10.9. The zero-order valence-electron chi connectivity index (χ0n) is 11.1. The molecule has 0 aliphatic rings. The van der Waals surface area contributed by atoms with Crippen LogP contribution in [-0.4, -0.2) is 51.4 Å². The molecule has 19 heavy (non-hydrogen) atoms. The number of aliphatic hydroxyl groups excluding tert-OH is 2. The summed E-state index contributed by atoms with van der Waals surface area (Å²) in [5.74, 6) is 0.720. The lowest BCUT2D eigenvalue weighted by atomic mass is 10.2. The van der Waals surface area contributed by atoms with E-state index in [0.29, 0.717) is 19.6 Å². The molecule has 0 saturated carbocycles. The third-order valence-corrected chi connectivity index (χ3v) is 3.04. The number of para-hydroxylation sites is 1. The summed E-state index contributed by atoms with van der Waals surface area (Å²) in [5.41, 5.74) is 1.88. The molecule has 102 valence electrons. The van der Waals surface area contributed by atoms with Crippen molar-refractivity contribution in [2.24, 2.45) is 0 Å². The van der Waals surface area contributed by atoms with Gasteiger partial charge < -0.3 is 10.2 Å². The first-order chi connectivity index (χ1) is 9.24. The normalized spacial score (nSPS) is 11.4. The maximum Gasteiger partial charge on any atom is 0.143 e. The van der Waals surface area contributed by atoms with Gasteiger partial charge in [-0.2, -0.15) is 0 Å². The Morgan fingerprint density at radius 1 is 1.05 bits per heavy atom. The molecule has 2 N–H and O–H groups in total. The maximum absolute atomic E-state index is 9.00. The molecule has 0 bridgehead atoms. The molecule has 0 amide bonds. The lowest BCUT2D eigenvalue weighted by molar-refractivity contribution is 0.153. The third kappa shape index (κ3) is 3.47. The molecule has 0 unspecified atom stereocenters. The van der Waals surface area contributed by atoms with Crippen LogP contribution in [-0.2, 0) is 6.54 Å². The van der Waals surface area contributed by atoms with E-state index in [4.69, 9.17) is 10.2 Å². The van der Waals surface area contributed by atoms with Crippen LogP contribution in [0, 0.1) is 6.92 Å². The van der Waals surface area contributed by atoms with Gasteiger partial charge in [0, 0.05) is 24.2 Å². The van der Waals surface area contributed by atoms with Crippen molar-refractivity contribution in [3.8, 4) is 0 Å². The summed E-state index contributed by atoms with van der Waals surface area (Å²) < 4.78 is 0. The summed E-state index contributed by atoms with van der Waals surface area (Å²) in [5, 5.41) is 19.1. The molecule has 1 aromatic carbocycles. The quantitative estimate of drug-likeness (QED) is 0.802. The summed E-state index contributed by atoms with van der Waals surface area (Å²) in [6.45, 7) is 3.65. The van der Waals surface area contributed by atoms with Crippen molar-refractivity contribution in [1.82, 2.24) is 14.9 Å². The number of nitrogens with zero attached hydrogens (tertiary/aromatic N) is 3. The van der Waals surface area contributed by atoms with Gasteiger partial charge in [-0.1, -0.05) is 18.2 Å². The van der Waals surface area contributed by atoms with Gasteiger partial charge in [0.05, 0.1) is 25.3 Å². The smallest absolute Gasteiger partial charge is 0.143 e. The average Bonchev–Trinajstić information content (AvgIpc) is 2.39. The van der Waals surface area contributed by atoms with Crippen molar-refractivity contribution in [2.45, 2.75) is 13.5 Å². The Balaban J connectivity index is 2.24. The first-order valence-electron chi connectivity index (χ1n) is 6.41. The van der Waals surface area contributed by atoms with Gasteiger partial charge in [0.25, 0.3) is 0 Å². The Labute approximate surface area is 112 Å². The van der Waals surface area contributed by atoms with E-state index < -0.39 is 0 Å². The predicted molar refractivity (Wildman–Crippen MR) is 73.7 cm³/mol. The van der Waals surface area contributed by atoms with Gasteiger partial charge in [0.2, 0.25) is 0 Å². The number of rotatable bonds is 6. The third-order valence-electron chi connectivity index (χ3n) is 3.04. The number of aromatic nitrogens is 2. The minimum Gasteiger partial charge on any atom is -0.395 e. The van der Waals surface area contributed by atoms with Crippen molar-refractivity contribution < 1.29 is 10.2 Å². The Morgan fingerprint density at radius 3 is 2.42 bits per heavy atom. The Morgan fingerprint density at radius 2 is 1.74 bits per heavy atom. The van der Waals surface area contributed by atoms with Gasteiger partial charge in [0.15, 0.2) is 0 Å². The summed E-state index contributed by atoms with van der Waals surface area (Å²) in [6.07, 6.45) is 0. The van der Waals surface area contributed by atoms with Gasteiger partial charge in [-0.25, -0.2) is 9.97 Å². The van der Waals surface area contributed by atoms with Crippen molar-refractivity contribution in [1.29, 1.82) is 0 Å². The summed E-state index contributed by atoms with van der Waals surface area (Å²) >= 11 is 0. The van der Waals surface area contributed by atoms with E-state index in [-0.39, 0.29) is 13.2 Å². The molecule has 0 saturated heterocycles. The monoisotopic (exact) mass is 261 g/mol. The van der Waals surface area contributed by atoms with Crippen molar-refractivity contribution in [3.05, 3.63) is 35.8 Å². The zero-order valence-corrected chi connectivity index (χ0v) is 11.1. The van der Waals surface area contributed by atoms with Crippen LogP contribution in [0.2, 0.25) is 0 Å². The highest BCUT2D eigenvalue weighted by Crippen LogP contribution is 2.15. The van der Waals surface area contributed by atoms with Gasteiger partial charge in [-0.15, -0.1) is 0 Å². The molecule has 0 spiro atoms. The number of hydrogen-bond acceptors (Lipinski definition) is 5. The first kappa shape index (κ1) is 13.9. The maximum atomic E-state index is 9.00. The topological polar surface area (TPSA) is 69.5 Å². The van der Waals surface area contributed by atoms with Crippen LogP contribution in [0.1, 0.15) is 11.5 Å². The predicted octanol–water partition coefficient (Wildman–Crippen LogP) is 0.725. The van der Waals surface area contributed by atoms with Crippen LogP contribution in [0.5, 0.6) is 0 Å². The van der Waals surface area contributed by atoms with E-state index in [0.717, 1.165) is 22.4 Å². The van der Waals surface area contributed by atoms with Crippen molar-refractivity contribution >= 4 is 10.9 Å². The second-order valence-electron chi connectivity index (χ2n) is 4.47. The molecule has 2 rings (SSSR count). The van der Waals surface area contributed by atoms with E-state index in [1.807, 2.05) is 36.1 Å². The molecular weight excluding hydrogens is 242 g/mol. The van der Waals surface area contributed by atoms with E-state index in [9.17, 15) is 0 Å². The fraction of sp³-hybridized carbons (Fsp3) is 0.429. The molecular formula is C14H19N3O2. The number of fused-ring (bicyclic) bond motifs is 1. The van der Waals surface area contributed by atoms with Crippen LogP contribution in [0.3, 0.4) is 0 Å². The van der Waals surface area contributed by atoms with Crippen LogP contribution in [0.25, 0.3) is 10.9 Å². The van der Waals surface area contributed by atoms with Gasteiger partial charge in [-0.05, 0) is 13.0 Å². The van der Waals surface area contributed by atoms with Crippen molar-refractivity contribution in [2.75, 3.05) is 26.3 Å². The second-order valence-corrected chi connectivity index (χ2v) is 4.47. The number of benzene rings is 1. The first-order valence-corrected chi connectivity index (χ1v) is 6.41. The molecule has 0 fully saturated rings. The van der Waals surface area contributed by atoms with E-state index in [1.165, 1.54) is 0 Å². The molecule has 0 aliphatic carbocycles. The molecule has 5 nitrogen and oxygen atoms in total. The summed E-state index contributed by atoms with van der Waals surface area (Å²) in [6, 6.07) is 7.91. The average molecular weight is 261 g/mol. The van der Waals surface area contributed by atoms with Gasteiger partial charge in [0.1, 0.15) is 5.82 Å². The molecule has 0 atom stereocenters. The van der Waals surface area contributed by atoms with Crippen LogP contribution < -0.4 is 0 Å². The molecule has 2 aromatic rings. The SMILES string of the molecule is Cc1nc(CN(CCO)CCO)nc2ccccc12. The summed E-state index contributed by atoms with van der Waals surface area (Å²) in [7, 11) is 0. The van der Waals surface area contributed by atoms with Crippen LogP contribution in [0.4, 0.5) is 0 Å². The Bertz CT molecular complexity index is 539. The molecule has 5 heteroatoms. The van der Waals surface area contributed by atoms with Gasteiger partial charge >= 0.3 is 0 Å². The van der Waals surface area contributed by atoms with Crippen LogP contribution >= 0.6 is 0 Å². The lowest BCUT2D eigenvalue weighted by Crippen LogP contribution is -2.30. The molecule has 0 radical (unpaired) electrons. The van der Waals surface area contributed by atoms with Crippen molar-refractivity contribution in [3.63, 3.8) is 0 Å². The minimum absolute atomic E-state index is 0.0621. The highest BCUT2D eigenvalue weighted by molar-refractivity contribution is 5.80. The van der Waals surface area contributed by atoms with Crippen LogP contribution in [0.15, 0.2) is 24.3 Å². The molecule has 0 aliphatic heterocycles. The standard InChI is InChI=1S/C14H19N3O2/c1-11-12-4-2-3-5-13(12)16-14(15-11)10-17(6-8-18)7-9-19/h2-5,18-19H,6-10H2,1H3. The van der Waals surface area contributed by atoms with E-state index in [2.05, 4.69) is 9.97 Å². The fourth-order valence-electron chi connectivity index (χ4n) is 2.12. The Kier molecular flexibility index (Phi) is 4.79. The number of aryl methyl sites for hydroxylation is 1. The molecule has 1 aromatic heterocycles.